The Labute approximate surface area is 64.8 Å². The van der Waals surface area contributed by atoms with E-state index in [9.17, 15) is 4.79 Å². The zero-order valence-corrected chi connectivity index (χ0v) is 8.81. The van der Waals surface area contributed by atoms with E-state index in [-0.39, 0.29) is 5.97 Å². The number of unbranched alkanes of at least 4 members (excludes halogenated alkanes) is 1. The van der Waals surface area contributed by atoms with Crippen LogP contribution in [0.4, 0.5) is 0 Å². The molecule has 0 aliphatic rings. The molecule has 10 heavy (non-hydrogen) atoms. The zero-order valence-electron chi connectivity index (χ0n) is 6.81. The van der Waals surface area contributed by atoms with Gasteiger partial charge in [0.15, 0.2) is 0 Å². The van der Waals surface area contributed by atoms with Gasteiger partial charge in [-0.15, -0.1) is 0 Å². The van der Waals surface area contributed by atoms with Crippen LogP contribution in [0.1, 0.15) is 26.7 Å². The fraction of sp³-hybridized carbons (Fsp3) is 0.571. The largest absolute Gasteiger partial charge is 0.526 e. The van der Waals surface area contributed by atoms with E-state index >= 15 is 0 Å². The second-order valence-corrected chi connectivity index (χ2v) is 2.58. The summed E-state index contributed by atoms with van der Waals surface area (Å²) in [7, 11) is 0.489. The van der Waals surface area contributed by atoms with Gasteiger partial charge in [-0.05, 0) is 13.3 Å². The van der Waals surface area contributed by atoms with Gasteiger partial charge in [-0.25, -0.2) is 4.79 Å². The summed E-state index contributed by atoms with van der Waals surface area (Å²) in [4.78, 5) is 10.8. The first-order valence-corrected chi connectivity index (χ1v) is 4.29. The summed E-state index contributed by atoms with van der Waals surface area (Å²) in [5, 5.41) is 0. The summed E-state index contributed by atoms with van der Waals surface area (Å²) in [5.41, 5.74) is 0.733. The lowest BCUT2D eigenvalue weighted by molar-refractivity contribution is -0.129. The second-order valence-electron chi connectivity index (χ2n) is 2.17. The van der Waals surface area contributed by atoms with Gasteiger partial charge in [0.2, 0.25) is 10.5 Å². The molecule has 0 amide bonds. The number of carbonyl (C=O) groups excluding carboxylic acids is 1. The minimum atomic E-state index is -0.167. The Morgan fingerprint density at radius 3 is 2.70 bits per heavy atom. The van der Waals surface area contributed by atoms with E-state index in [0.717, 1.165) is 18.4 Å². The Balaban J connectivity index is 3.80. The number of hydrogen-bond donors (Lipinski definition) is 0. The predicted molar refractivity (Wildman–Crippen MR) is 44.7 cm³/mol. The van der Waals surface area contributed by atoms with E-state index in [0.29, 0.717) is 10.5 Å². The molecule has 0 heterocycles. The minimum Gasteiger partial charge on any atom is -0.526 e. The Morgan fingerprint density at radius 2 is 2.30 bits per heavy atom. The number of allylic oxidation sites excluding steroid dienone is 1. The van der Waals surface area contributed by atoms with Crippen molar-refractivity contribution in [1.82, 2.24) is 0 Å². The molecule has 0 rings (SSSR count). The van der Waals surface area contributed by atoms with Gasteiger partial charge < -0.3 is 4.43 Å². The summed E-state index contributed by atoms with van der Waals surface area (Å²) < 4.78 is 4.64. The van der Waals surface area contributed by atoms with Gasteiger partial charge in [-0.1, -0.05) is 19.4 Å². The van der Waals surface area contributed by atoms with Crippen LogP contribution in [0, 0.1) is 0 Å². The van der Waals surface area contributed by atoms with Crippen LogP contribution in [0.2, 0.25) is 0 Å². The highest BCUT2D eigenvalue weighted by atomic mass is 28.2. The monoisotopic (exact) mass is 158 g/mol. The Bertz CT molecular complexity index is 141. The summed E-state index contributed by atoms with van der Waals surface area (Å²) in [6, 6.07) is 0. The molecule has 0 aromatic heterocycles. The molecule has 0 saturated heterocycles. The molecule has 0 fully saturated rings. The molecule has 0 atom stereocenters. The first-order valence-electron chi connectivity index (χ1n) is 3.47. The summed E-state index contributed by atoms with van der Waals surface area (Å²) in [6.07, 6.45) is 3.95. The molecule has 0 bridgehead atoms. The van der Waals surface area contributed by atoms with Crippen molar-refractivity contribution in [3.05, 3.63) is 11.6 Å². The fourth-order valence-corrected chi connectivity index (χ4v) is 0.927. The quantitative estimate of drug-likeness (QED) is 0.443. The van der Waals surface area contributed by atoms with Crippen molar-refractivity contribution in [3.63, 3.8) is 0 Å². The third-order valence-electron chi connectivity index (χ3n) is 1.25. The fourth-order valence-electron chi connectivity index (χ4n) is 0.605. The van der Waals surface area contributed by atoms with Crippen LogP contribution in [0.3, 0.4) is 0 Å². The maximum atomic E-state index is 10.8. The number of rotatable bonds is 3. The summed E-state index contributed by atoms with van der Waals surface area (Å²) >= 11 is 0. The Morgan fingerprint density at radius 1 is 1.70 bits per heavy atom. The van der Waals surface area contributed by atoms with Crippen molar-refractivity contribution in [3.8, 4) is 0 Å². The van der Waals surface area contributed by atoms with Gasteiger partial charge in [0.25, 0.3) is 0 Å². The molecule has 0 spiro atoms. The highest BCUT2D eigenvalue weighted by Gasteiger charge is 1.99. The van der Waals surface area contributed by atoms with Crippen molar-refractivity contribution in [2.45, 2.75) is 26.7 Å². The lowest BCUT2D eigenvalue weighted by Crippen LogP contribution is -2.02. The maximum Gasteiger partial charge on any atom is 0.319 e. The van der Waals surface area contributed by atoms with Crippen LogP contribution < -0.4 is 0 Å². The van der Waals surface area contributed by atoms with E-state index in [1.165, 1.54) is 0 Å². The van der Waals surface area contributed by atoms with Crippen LogP contribution >= 0.6 is 0 Å². The van der Waals surface area contributed by atoms with Gasteiger partial charge in [0.1, 0.15) is 0 Å². The molecule has 0 aliphatic carbocycles. The standard InChI is InChI=1S/C7H14O2Si/c1-3-4-5-6(2)7(8)9-10/h5H,3-4H2,1-2,10H3. The van der Waals surface area contributed by atoms with Gasteiger partial charge in [0.05, 0.1) is 0 Å². The molecule has 0 saturated carbocycles. The highest BCUT2D eigenvalue weighted by molar-refractivity contribution is 6.09. The minimum absolute atomic E-state index is 0.167. The molecule has 0 N–H and O–H groups in total. The molecule has 0 aromatic carbocycles. The smallest absolute Gasteiger partial charge is 0.319 e. The van der Waals surface area contributed by atoms with Gasteiger partial charge in [-0.3, -0.25) is 0 Å². The van der Waals surface area contributed by atoms with Crippen LogP contribution in [0.15, 0.2) is 11.6 Å². The SMILES string of the molecule is CCCC=C(C)C(=O)O[SiH3]. The van der Waals surface area contributed by atoms with E-state index in [2.05, 4.69) is 11.3 Å². The molecule has 2 nitrogen and oxygen atoms in total. The zero-order chi connectivity index (χ0) is 7.98. The summed E-state index contributed by atoms with van der Waals surface area (Å²) in [5.74, 6) is -0.167. The lowest BCUT2D eigenvalue weighted by Gasteiger charge is -1.97. The van der Waals surface area contributed by atoms with Crippen LogP contribution in [0.25, 0.3) is 0 Å². The molecule has 58 valence electrons. The molecule has 0 aliphatic heterocycles. The van der Waals surface area contributed by atoms with E-state index in [1.54, 1.807) is 6.92 Å². The van der Waals surface area contributed by atoms with Crippen LogP contribution in [-0.4, -0.2) is 16.5 Å². The topological polar surface area (TPSA) is 26.3 Å². The lowest BCUT2D eigenvalue weighted by atomic mass is 10.2. The molecular formula is C7H14O2Si. The summed E-state index contributed by atoms with van der Waals surface area (Å²) in [6.45, 7) is 3.87. The Hall–Kier alpha value is -0.573. The average Bonchev–Trinajstić information content (AvgIpc) is 1.98. The second kappa shape index (κ2) is 5.23. The van der Waals surface area contributed by atoms with E-state index in [4.69, 9.17) is 0 Å². The van der Waals surface area contributed by atoms with Crippen molar-refractivity contribution < 1.29 is 9.22 Å². The maximum absolute atomic E-state index is 10.8. The first kappa shape index (κ1) is 9.43. The van der Waals surface area contributed by atoms with Crippen molar-refractivity contribution in [2.75, 3.05) is 0 Å². The van der Waals surface area contributed by atoms with Crippen molar-refractivity contribution in [1.29, 1.82) is 0 Å². The van der Waals surface area contributed by atoms with E-state index in [1.807, 2.05) is 6.08 Å². The molecular weight excluding hydrogens is 144 g/mol. The highest BCUT2D eigenvalue weighted by Crippen LogP contribution is 1.98. The van der Waals surface area contributed by atoms with Crippen molar-refractivity contribution in [2.24, 2.45) is 0 Å². The normalized spacial score (nSPS) is 11.6. The molecule has 0 radical (unpaired) electrons. The van der Waals surface area contributed by atoms with Crippen LogP contribution in [0.5, 0.6) is 0 Å². The Kier molecular flexibility index (Phi) is 4.93. The van der Waals surface area contributed by atoms with Crippen LogP contribution in [-0.2, 0) is 9.22 Å². The predicted octanol–water partition coefficient (Wildman–Crippen LogP) is 0.556. The van der Waals surface area contributed by atoms with E-state index < -0.39 is 0 Å². The van der Waals surface area contributed by atoms with Gasteiger partial charge in [-0.2, -0.15) is 0 Å². The van der Waals surface area contributed by atoms with Crippen molar-refractivity contribution >= 4 is 16.5 Å². The number of hydrogen-bond acceptors (Lipinski definition) is 2. The van der Waals surface area contributed by atoms with Gasteiger partial charge >= 0.3 is 5.97 Å². The third kappa shape index (κ3) is 3.45. The first-order chi connectivity index (χ1) is 4.72. The molecule has 3 heteroatoms. The number of carbonyl (C=O) groups is 1. The third-order valence-corrected chi connectivity index (χ3v) is 1.62. The molecule has 0 unspecified atom stereocenters. The average molecular weight is 158 g/mol. The molecule has 0 aromatic rings. The van der Waals surface area contributed by atoms with Gasteiger partial charge in [0, 0.05) is 5.57 Å².